The Morgan fingerprint density at radius 1 is 1.23 bits per heavy atom. The summed E-state index contributed by atoms with van der Waals surface area (Å²) in [6.45, 7) is 6.31. The highest BCUT2D eigenvalue weighted by Gasteiger charge is 2.16. The fourth-order valence-electron chi connectivity index (χ4n) is 4.10. The average Bonchev–Trinajstić information content (AvgIpc) is 2.78. The summed E-state index contributed by atoms with van der Waals surface area (Å²) in [6.07, 6.45) is 3.53. The highest BCUT2D eigenvalue weighted by atomic mass is 32.2. The molecule has 2 heterocycles. The van der Waals surface area contributed by atoms with E-state index in [1.165, 1.54) is 36.7 Å². The SMILES string of the molecule is C[C@@H]1CCCN(CCCNC(=O)c2cc(Sc3ccc(F)cc3)nc3ccccc23)C1. The van der Waals surface area contributed by atoms with Gasteiger partial charge in [0.15, 0.2) is 0 Å². The number of para-hydroxylation sites is 1. The van der Waals surface area contributed by atoms with Crippen LogP contribution in [0.4, 0.5) is 4.39 Å². The topological polar surface area (TPSA) is 45.2 Å². The molecule has 162 valence electrons. The number of pyridine rings is 1. The minimum Gasteiger partial charge on any atom is -0.352 e. The predicted molar refractivity (Wildman–Crippen MR) is 124 cm³/mol. The summed E-state index contributed by atoms with van der Waals surface area (Å²) < 4.78 is 13.2. The van der Waals surface area contributed by atoms with Crippen molar-refractivity contribution in [3.05, 3.63) is 66.0 Å². The summed E-state index contributed by atoms with van der Waals surface area (Å²) >= 11 is 1.43. The van der Waals surface area contributed by atoms with Crippen molar-refractivity contribution in [1.82, 2.24) is 15.2 Å². The van der Waals surface area contributed by atoms with E-state index in [0.717, 1.165) is 52.8 Å². The number of hydrogen-bond donors (Lipinski definition) is 1. The number of rotatable bonds is 7. The van der Waals surface area contributed by atoms with Gasteiger partial charge in [0.05, 0.1) is 11.1 Å². The number of benzene rings is 2. The molecule has 3 aromatic rings. The van der Waals surface area contributed by atoms with E-state index in [0.29, 0.717) is 12.1 Å². The van der Waals surface area contributed by atoms with Crippen molar-refractivity contribution >= 4 is 28.6 Å². The van der Waals surface area contributed by atoms with Crippen molar-refractivity contribution in [1.29, 1.82) is 0 Å². The molecular formula is C25H28FN3OS. The van der Waals surface area contributed by atoms with Crippen LogP contribution in [-0.2, 0) is 0 Å². The number of carbonyl (C=O) groups excluding carboxylic acids is 1. The molecule has 0 bridgehead atoms. The van der Waals surface area contributed by atoms with Crippen LogP contribution in [0, 0.1) is 11.7 Å². The number of piperidine rings is 1. The molecule has 1 atom stereocenters. The van der Waals surface area contributed by atoms with E-state index in [9.17, 15) is 9.18 Å². The Kier molecular flexibility index (Phi) is 7.20. The monoisotopic (exact) mass is 437 g/mol. The van der Waals surface area contributed by atoms with Crippen LogP contribution in [0.1, 0.15) is 36.5 Å². The summed E-state index contributed by atoms with van der Waals surface area (Å²) in [5.41, 5.74) is 1.41. The van der Waals surface area contributed by atoms with Gasteiger partial charge in [-0.3, -0.25) is 4.79 Å². The van der Waals surface area contributed by atoms with Gasteiger partial charge in [0.2, 0.25) is 0 Å². The predicted octanol–water partition coefficient (Wildman–Crippen LogP) is 5.38. The van der Waals surface area contributed by atoms with Gasteiger partial charge in [-0.15, -0.1) is 0 Å². The number of amides is 1. The molecule has 0 spiro atoms. The molecule has 6 heteroatoms. The Balaban J connectivity index is 1.43. The molecular weight excluding hydrogens is 409 g/mol. The van der Waals surface area contributed by atoms with Gasteiger partial charge in [0.25, 0.3) is 5.91 Å². The highest BCUT2D eigenvalue weighted by Crippen LogP contribution is 2.30. The number of nitrogens with zero attached hydrogens (tertiary/aromatic N) is 2. The van der Waals surface area contributed by atoms with Crippen molar-refractivity contribution in [2.24, 2.45) is 5.92 Å². The first-order valence-electron chi connectivity index (χ1n) is 10.9. The molecule has 0 aliphatic carbocycles. The minimum absolute atomic E-state index is 0.0773. The molecule has 4 nitrogen and oxygen atoms in total. The van der Waals surface area contributed by atoms with E-state index in [1.807, 2.05) is 30.3 Å². The molecule has 0 unspecified atom stereocenters. The lowest BCUT2D eigenvalue weighted by Crippen LogP contribution is -2.36. The zero-order valence-electron chi connectivity index (χ0n) is 17.8. The minimum atomic E-state index is -0.269. The number of nitrogens with one attached hydrogen (secondary N) is 1. The quantitative estimate of drug-likeness (QED) is 0.504. The molecule has 4 rings (SSSR count). The Bertz CT molecular complexity index is 1040. The lowest BCUT2D eigenvalue weighted by atomic mass is 10.0. The number of hydrogen-bond acceptors (Lipinski definition) is 4. The second-order valence-corrected chi connectivity index (χ2v) is 9.33. The van der Waals surface area contributed by atoms with Crippen molar-refractivity contribution in [3.63, 3.8) is 0 Å². The normalized spacial score (nSPS) is 17.0. The lowest BCUT2D eigenvalue weighted by Gasteiger charge is -2.30. The maximum Gasteiger partial charge on any atom is 0.252 e. The summed E-state index contributed by atoms with van der Waals surface area (Å²) in [7, 11) is 0. The van der Waals surface area contributed by atoms with Crippen LogP contribution < -0.4 is 5.32 Å². The smallest absolute Gasteiger partial charge is 0.252 e. The number of likely N-dealkylation sites (tertiary alicyclic amines) is 1. The van der Waals surface area contributed by atoms with Gasteiger partial charge >= 0.3 is 0 Å². The molecule has 1 aliphatic rings. The van der Waals surface area contributed by atoms with Crippen molar-refractivity contribution in [2.45, 2.75) is 36.1 Å². The average molecular weight is 438 g/mol. The van der Waals surface area contributed by atoms with Gasteiger partial charge in [-0.25, -0.2) is 9.37 Å². The summed E-state index contributed by atoms with van der Waals surface area (Å²) in [6, 6.07) is 15.8. The summed E-state index contributed by atoms with van der Waals surface area (Å²) in [5.74, 6) is 0.421. The van der Waals surface area contributed by atoms with Gasteiger partial charge in [0.1, 0.15) is 10.8 Å². The molecule has 0 saturated carbocycles. The van der Waals surface area contributed by atoms with Crippen molar-refractivity contribution in [3.8, 4) is 0 Å². The first-order chi connectivity index (χ1) is 15.1. The standard InChI is InChI=1S/C25H28FN3OS/c1-18-6-4-14-29(17-18)15-5-13-27-25(30)22-16-24(28-23-8-3-2-7-21(22)23)31-20-11-9-19(26)10-12-20/h2-3,7-12,16,18H,4-6,13-15,17H2,1H3,(H,27,30)/t18-/m1/s1. The van der Waals surface area contributed by atoms with Crippen LogP contribution in [-0.4, -0.2) is 42.0 Å². The van der Waals surface area contributed by atoms with E-state index in [-0.39, 0.29) is 11.7 Å². The van der Waals surface area contributed by atoms with E-state index < -0.39 is 0 Å². The molecule has 1 amide bonds. The van der Waals surface area contributed by atoms with Crippen molar-refractivity contribution < 1.29 is 9.18 Å². The Morgan fingerprint density at radius 3 is 2.84 bits per heavy atom. The fraction of sp³-hybridized carbons (Fsp3) is 0.360. The molecule has 1 aliphatic heterocycles. The van der Waals surface area contributed by atoms with Gasteiger partial charge in [-0.1, -0.05) is 36.9 Å². The first kappa shape index (κ1) is 21.8. The second-order valence-electron chi connectivity index (χ2n) is 8.24. The maximum atomic E-state index is 13.2. The van der Waals surface area contributed by atoms with E-state index in [2.05, 4.69) is 22.1 Å². The van der Waals surface area contributed by atoms with Crippen LogP contribution >= 0.6 is 11.8 Å². The molecule has 1 saturated heterocycles. The lowest BCUT2D eigenvalue weighted by molar-refractivity contribution is 0.0951. The Hall–Kier alpha value is -2.44. The molecule has 1 fully saturated rings. The fourth-order valence-corrected chi connectivity index (χ4v) is 4.94. The zero-order valence-corrected chi connectivity index (χ0v) is 18.6. The van der Waals surface area contributed by atoms with Crippen LogP contribution in [0.5, 0.6) is 0 Å². The highest BCUT2D eigenvalue weighted by molar-refractivity contribution is 7.99. The first-order valence-corrected chi connectivity index (χ1v) is 11.7. The molecule has 31 heavy (non-hydrogen) atoms. The van der Waals surface area contributed by atoms with Gasteiger partial charge in [-0.05, 0) is 74.7 Å². The molecule has 2 aromatic carbocycles. The van der Waals surface area contributed by atoms with Crippen LogP contribution in [0.2, 0.25) is 0 Å². The van der Waals surface area contributed by atoms with Crippen LogP contribution in [0.3, 0.4) is 0 Å². The number of carbonyl (C=O) groups is 1. The van der Waals surface area contributed by atoms with E-state index in [1.54, 1.807) is 12.1 Å². The second kappa shape index (κ2) is 10.2. The molecule has 0 radical (unpaired) electrons. The Morgan fingerprint density at radius 2 is 2.03 bits per heavy atom. The third-order valence-electron chi connectivity index (χ3n) is 5.65. The van der Waals surface area contributed by atoms with Gasteiger partial charge < -0.3 is 10.2 Å². The number of aromatic nitrogens is 1. The number of fused-ring (bicyclic) bond motifs is 1. The van der Waals surface area contributed by atoms with Crippen LogP contribution in [0.15, 0.2) is 64.5 Å². The van der Waals surface area contributed by atoms with Gasteiger partial charge in [0, 0.05) is 23.4 Å². The zero-order chi connectivity index (χ0) is 21.6. The third kappa shape index (κ3) is 5.83. The van der Waals surface area contributed by atoms with Crippen molar-refractivity contribution in [2.75, 3.05) is 26.2 Å². The van der Waals surface area contributed by atoms with E-state index in [4.69, 9.17) is 0 Å². The molecule has 1 aromatic heterocycles. The number of halogens is 1. The summed E-state index contributed by atoms with van der Waals surface area (Å²) in [4.78, 5) is 21.1. The Labute approximate surface area is 187 Å². The third-order valence-corrected chi connectivity index (χ3v) is 6.58. The van der Waals surface area contributed by atoms with Gasteiger partial charge in [-0.2, -0.15) is 0 Å². The van der Waals surface area contributed by atoms with E-state index >= 15 is 0 Å². The summed E-state index contributed by atoms with van der Waals surface area (Å²) in [5, 5.41) is 4.65. The van der Waals surface area contributed by atoms with Crippen LogP contribution in [0.25, 0.3) is 10.9 Å². The largest absolute Gasteiger partial charge is 0.352 e. The maximum absolute atomic E-state index is 13.2. The molecule has 1 N–H and O–H groups in total.